The Kier molecular flexibility index (Phi) is 4.20. The van der Waals surface area contributed by atoms with Crippen molar-refractivity contribution < 1.29 is 8.42 Å². The Morgan fingerprint density at radius 2 is 1.90 bits per heavy atom. The molecule has 1 heterocycles. The number of sulfonamides is 1. The fourth-order valence-corrected chi connectivity index (χ4v) is 4.88. The van der Waals surface area contributed by atoms with Gasteiger partial charge in [0.2, 0.25) is 10.0 Å². The zero-order valence-electron chi connectivity index (χ0n) is 12.5. The molecule has 0 saturated carbocycles. The first-order valence-electron chi connectivity index (χ1n) is 6.84. The van der Waals surface area contributed by atoms with Crippen molar-refractivity contribution in [2.45, 2.75) is 44.9 Å². The number of benzene rings is 1. The van der Waals surface area contributed by atoms with Crippen LogP contribution in [0.1, 0.15) is 37.0 Å². The maximum atomic E-state index is 12.8. The maximum absolute atomic E-state index is 12.8. The largest absolute Gasteiger partial charge is 0.243 e. The lowest BCUT2D eigenvalue weighted by Gasteiger charge is -2.21. The van der Waals surface area contributed by atoms with Crippen LogP contribution < -0.4 is 0 Å². The molecule has 0 spiro atoms. The predicted octanol–water partition coefficient (Wildman–Crippen LogP) is 3.46. The summed E-state index contributed by atoms with van der Waals surface area (Å²) in [6.07, 6.45) is 0.902. The average Bonchev–Trinajstić information content (AvgIpc) is 2.70. The highest BCUT2D eigenvalue weighted by molar-refractivity contribution is 7.89. The molecule has 1 fully saturated rings. The quantitative estimate of drug-likeness (QED) is 0.801. The van der Waals surface area contributed by atoms with Crippen molar-refractivity contribution in [2.24, 2.45) is 5.41 Å². The predicted molar refractivity (Wildman–Crippen MR) is 82.6 cm³/mol. The molecular formula is C15H22ClNO2S. The molecule has 1 saturated heterocycles. The van der Waals surface area contributed by atoms with Crippen LogP contribution in [0.15, 0.2) is 17.0 Å². The van der Waals surface area contributed by atoms with Gasteiger partial charge in [0, 0.05) is 19.0 Å². The molecule has 0 aromatic heterocycles. The fraction of sp³-hybridized carbons (Fsp3) is 0.600. The van der Waals surface area contributed by atoms with Gasteiger partial charge in [0.1, 0.15) is 0 Å². The van der Waals surface area contributed by atoms with Gasteiger partial charge in [-0.2, -0.15) is 4.31 Å². The first-order valence-corrected chi connectivity index (χ1v) is 8.81. The molecule has 0 aliphatic carbocycles. The van der Waals surface area contributed by atoms with Crippen molar-refractivity contribution in [1.82, 2.24) is 4.31 Å². The van der Waals surface area contributed by atoms with Crippen LogP contribution in [0.5, 0.6) is 0 Å². The molecule has 0 radical (unpaired) electrons. The number of hydrogen-bond acceptors (Lipinski definition) is 2. The lowest BCUT2D eigenvalue weighted by molar-refractivity contribution is 0.375. The molecule has 1 aromatic carbocycles. The third kappa shape index (κ3) is 2.87. The second-order valence-corrected chi connectivity index (χ2v) is 8.60. The summed E-state index contributed by atoms with van der Waals surface area (Å²) in [6, 6.07) is 3.64. The standard InChI is InChI=1S/C15H22ClNO2S/c1-11-7-12(2)14(8-13(11)9-16)20(18,19)17-6-5-15(3,4)10-17/h7-8H,5-6,9-10H2,1-4H3. The Labute approximate surface area is 127 Å². The monoisotopic (exact) mass is 315 g/mol. The molecule has 1 aliphatic rings. The molecule has 5 heteroatoms. The van der Waals surface area contributed by atoms with E-state index in [1.807, 2.05) is 19.9 Å². The number of aryl methyl sites for hydroxylation is 2. The van der Waals surface area contributed by atoms with E-state index in [-0.39, 0.29) is 5.41 Å². The fourth-order valence-electron chi connectivity index (χ4n) is 2.70. The normalized spacial score (nSPS) is 19.4. The van der Waals surface area contributed by atoms with Gasteiger partial charge < -0.3 is 0 Å². The van der Waals surface area contributed by atoms with Crippen molar-refractivity contribution in [2.75, 3.05) is 13.1 Å². The summed E-state index contributed by atoms with van der Waals surface area (Å²) in [5.41, 5.74) is 2.77. The van der Waals surface area contributed by atoms with Gasteiger partial charge in [-0.05, 0) is 48.4 Å². The van der Waals surface area contributed by atoms with Gasteiger partial charge in [-0.25, -0.2) is 8.42 Å². The Bertz CT molecular complexity index is 623. The van der Waals surface area contributed by atoms with E-state index in [4.69, 9.17) is 11.6 Å². The highest BCUT2D eigenvalue weighted by Gasteiger charge is 2.37. The molecule has 0 unspecified atom stereocenters. The van der Waals surface area contributed by atoms with Crippen LogP contribution in [-0.4, -0.2) is 25.8 Å². The van der Waals surface area contributed by atoms with Gasteiger partial charge in [-0.1, -0.05) is 19.9 Å². The number of rotatable bonds is 3. The lowest BCUT2D eigenvalue weighted by Crippen LogP contribution is -2.31. The molecular weight excluding hydrogens is 294 g/mol. The Morgan fingerprint density at radius 3 is 2.40 bits per heavy atom. The zero-order chi connectivity index (χ0) is 15.1. The molecule has 1 aliphatic heterocycles. The maximum Gasteiger partial charge on any atom is 0.243 e. The van der Waals surface area contributed by atoms with Gasteiger partial charge in [0.05, 0.1) is 4.90 Å². The molecule has 3 nitrogen and oxygen atoms in total. The third-order valence-electron chi connectivity index (χ3n) is 4.04. The first-order chi connectivity index (χ1) is 9.17. The van der Waals surface area contributed by atoms with Gasteiger partial charge in [0.25, 0.3) is 0 Å². The molecule has 1 aromatic rings. The molecule has 0 amide bonds. The average molecular weight is 316 g/mol. The highest BCUT2D eigenvalue weighted by atomic mass is 35.5. The van der Waals surface area contributed by atoms with Crippen molar-refractivity contribution >= 4 is 21.6 Å². The van der Waals surface area contributed by atoms with Crippen molar-refractivity contribution in [3.8, 4) is 0 Å². The second-order valence-electron chi connectivity index (χ2n) is 6.43. The van der Waals surface area contributed by atoms with Gasteiger partial charge >= 0.3 is 0 Å². The van der Waals surface area contributed by atoms with Crippen LogP contribution in [-0.2, 0) is 15.9 Å². The highest BCUT2D eigenvalue weighted by Crippen LogP contribution is 2.34. The number of hydrogen-bond donors (Lipinski definition) is 0. The molecule has 0 atom stereocenters. The summed E-state index contributed by atoms with van der Waals surface area (Å²) in [4.78, 5) is 0.399. The Hall–Kier alpha value is -0.580. The van der Waals surface area contributed by atoms with Crippen molar-refractivity contribution in [1.29, 1.82) is 0 Å². The topological polar surface area (TPSA) is 37.4 Å². The summed E-state index contributed by atoms with van der Waals surface area (Å²) >= 11 is 5.90. The molecule has 0 N–H and O–H groups in total. The van der Waals surface area contributed by atoms with Crippen LogP contribution in [0.4, 0.5) is 0 Å². The summed E-state index contributed by atoms with van der Waals surface area (Å²) in [7, 11) is -3.42. The number of alkyl halides is 1. The minimum Gasteiger partial charge on any atom is -0.207 e. The van der Waals surface area contributed by atoms with Crippen LogP contribution in [0.25, 0.3) is 0 Å². The smallest absolute Gasteiger partial charge is 0.207 e. The van der Waals surface area contributed by atoms with Crippen molar-refractivity contribution in [3.05, 3.63) is 28.8 Å². The third-order valence-corrected chi connectivity index (χ3v) is 6.31. The van der Waals surface area contributed by atoms with Crippen LogP contribution in [0, 0.1) is 19.3 Å². The number of nitrogens with zero attached hydrogens (tertiary/aromatic N) is 1. The molecule has 2 rings (SSSR count). The minimum atomic E-state index is -3.42. The van der Waals surface area contributed by atoms with Gasteiger partial charge in [-0.3, -0.25) is 0 Å². The summed E-state index contributed by atoms with van der Waals surface area (Å²) in [5, 5.41) is 0. The van der Waals surface area contributed by atoms with E-state index in [2.05, 4.69) is 13.8 Å². The van der Waals surface area contributed by atoms with Crippen LogP contribution >= 0.6 is 11.6 Å². The van der Waals surface area contributed by atoms with Crippen molar-refractivity contribution in [3.63, 3.8) is 0 Å². The minimum absolute atomic E-state index is 0.0565. The zero-order valence-corrected chi connectivity index (χ0v) is 14.1. The first kappa shape index (κ1) is 15.8. The van der Waals surface area contributed by atoms with E-state index >= 15 is 0 Å². The van der Waals surface area contributed by atoms with E-state index in [0.29, 0.717) is 23.9 Å². The molecule has 112 valence electrons. The summed E-state index contributed by atoms with van der Waals surface area (Å²) in [6.45, 7) is 9.19. The Balaban J connectivity index is 2.45. The second kappa shape index (κ2) is 5.32. The molecule has 0 bridgehead atoms. The van der Waals surface area contributed by atoms with Crippen LogP contribution in [0.2, 0.25) is 0 Å². The SMILES string of the molecule is Cc1cc(C)c(S(=O)(=O)N2CCC(C)(C)C2)cc1CCl. The van der Waals surface area contributed by atoms with Gasteiger partial charge in [-0.15, -0.1) is 11.6 Å². The number of halogens is 1. The van der Waals surface area contributed by atoms with E-state index in [9.17, 15) is 8.42 Å². The van der Waals surface area contributed by atoms with E-state index in [1.54, 1.807) is 10.4 Å². The van der Waals surface area contributed by atoms with E-state index in [0.717, 1.165) is 23.1 Å². The molecule has 20 heavy (non-hydrogen) atoms. The summed E-state index contributed by atoms with van der Waals surface area (Å²) in [5.74, 6) is 0.333. The Morgan fingerprint density at radius 1 is 1.25 bits per heavy atom. The van der Waals surface area contributed by atoms with E-state index < -0.39 is 10.0 Å². The lowest BCUT2D eigenvalue weighted by atomic mass is 9.93. The summed E-state index contributed by atoms with van der Waals surface area (Å²) < 4.78 is 27.2. The van der Waals surface area contributed by atoms with E-state index in [1.165, 1.54) is 0 Å². The van der Waals surface area contributed by atoms with Gasteiger partial charge in [0.15, 0.2) is 0 Å². The van der Waals surface area contributed by atoms with Crippen LogP contribution in [0.3, 0.4) is 0 Å².